The first-order chi connectivity index (χ1) is 18.9. The summed E-state index contributed by atoms with van der Waals surface area (Å²) in [7, 11) is 0. The van der Waals surface area contributed by atoms with Crippen molar-refractivity contribution in [2.75, 3.05) is 0 Å². The third kappa shape index (κ3) is 7.03. The van der Waals surface area contributed by atoms with Gasteiger partial charge in [0.05, 0.1) is 5.56 Å². The second-order valence-corrected chi connectivity index (χ2v) is 8.70. The largest absolute Gasteiger partial charge is 0.458 e. The molecule has 0 spiro atoms. The van der Waals surface area contributed by atoms with Crippen molar-refractivity contribution >= 4 is 11.8 Å². The predicted molar refractivity (Wildman–Crippen MR) is 149 cm³/mol. The zero-order chi connectivity index (χ0) is 27.8. The lowest BCUT2D eigenvalue weighted by Crippen LogP contribution is -1.99. The number of ketones is 1. The van der Waals surface area contributed by atoms with E-state index in [0.29, 0.717) is 16.7 Å². The maximum Gasteiger partial charge on any atom is 0.330 e. The zero-order valence-corrected chi connectivity index (χ0v) is 21.0. The van der Waals surface area contributed by atoms with Crippen molar-refractivity contribution in [3.63, 3.8) is 0 Å². The standard InChI is InChI=1S/C34H24F2O3/c1-3-30(37)19-24-7-5-23(6-8-24)11-18-31-32(35)20-29(21-33(31)36)28-16-14-27(15-17-28)26-12-9-25(10-13-26)22-39-34(38)4-2/h3-10,12-17,20-21H,1-2,19,22H2. The Morgan fingerprint density at radius 2 is 1.21 bits per heavy atom. The fourth-order valence-electron chi connectivity index (χ4n) is 3.84. The van der Waals surface area contributed by atoms with E-state index >= 15 is 0 Å². The van der Waals surface area contributed by atoms with E-state index in [1.54, 1.807) is 36.4 Å². The molecule has 0 N–H and O–H groups in total. The molecule has 0 aliphatic heterocycles. The van der Waals surface area contributed by atoms with Gasteiger partial charge in [-0.1, -0.05) is 85.7 Å². The molecule has 0 saturated carbocycles. The van der Waals surface area contributed by atoms with E-state index in [4.69, 9.17) is 4.74 Å². The van der Waals surface area contributed by atoms with Crippen LogP contribution in [0.5, 0.6) is 0 Å². The molecule has 4 rings (SSSR count). The van der Waals surface area contributed by atoms with Gasteiger partial charge < -0.3 is 4.74 Å². The van der Waals surface area contributed by atoms with Crippen LogP contribution in [0.2, 0.25) is 0 Å². The van der Waals surface area contributed by atoms with Crippen molar-refractivity contribution in [2.45, 2.75) is 13.0 Å². The lowest BCUT2D eigenvalue weighted by Gasteiger charge is -2.08. The average molecular weight is 519 g/mol. The summed E-state index contributed by atoms with van der Waals surface area (Å²) in [5.74, 6) is 3.30. The number of halogens is 2. The third-order valence-corrected chi connectivity index (χ3v) is 5.99. The molecule has 0 aliphatic carbocycles. The molecule has 4 aromatic carbocycles. The van der Waals surface area contributed by atoms with Crippen molar-refractivity contribution in [3.05, 3.63) is 144 Å². The molecule has 5 heteroatoms. The highest BCUT2D eigenvalue weighted by atomic mass is 19.1. The monoisotopic (exact) mass is 518 g/mol. The Labute approximate surface area is 226 Å². The number of carbonyl (C=O) groups excluding carboxylic acids is 2. The molecular formula is C34H24F2O3. The molecular weight excluding hydrogens is 494 g/mol. The van der Waals surface area contributed by atoms with Crippen molar-refractivity contribution < 1.29 is 23.1 Å². The summed E-state index contributed by atoms with van der Waals surface area (Å²) < 4.78 is 34.7. The highest BCUT2D eigenvalue weighted by Gasteiger charge is 2.11. The van der Waals surface area contributed by atoms with E-state index in [2.05, 4.69) is 25.0 Å². The fraction of sp³-hybridized carbons (Fsp3) is 0.0588. The lowest BCUT2D eigenvalue weighted by molar-refractivity contribution is -0.139. The molecule has 0 atom stereocenters. The number of hydrogen-bond acceptors (Lipinski definition) is 3. The maximum absolute atomic E-state index is 14.8. The number of carbonyl (C=O) groups is 2. The van der Waals surface area contributed by atoms with Crippen LogP contribution in [-0.4, -0.2) is 11.8 Å². The highest BCUT2D eigenvalue weighted by Crippen LogP contribution is 2.28. The lowest BCUT2D eigenvalue weighted by atomic mass is 9.98. The van der Waals surface area contributed by atoms with Gasteiger partial charge in [0.25, 0.3) is 0 Å². The smallest absolute Gasteiger partial charge is 0.330 e. The minimum Gasteiger partial charge on any atom is -0.458 e. The van der Waals surface area contributed by atoms with Gasteiger partial charge in [-0.2, -0.15) is 0 Å². The highest BCUT2D eigenvalue weighted by molar-refractivity contribution is 5.90. The van der Waals surface area contributed by atoms with Crippen LogP contribution >= 0.6 is 0 Å². The second-order valence-electron chi connectivity index (χ2n) is 8.70. The predicted octanol–water partition coefficient (Wildman–Crippen LogP) is 7.23. The molecule has 192 valence electrons. The van der Waals surface area contributed by atoms with Crippen molar-refractivity contribution in [1.29, 1.82) is 0 Å². The van der Waals surface area contributed by atoms with Crippen LogP contribution in [0.25, 0.3) is 22.3 Å². The van der Waals surface area contributed by atoms with Gasteiger partial charge in [-0.15, -0.1) is 0 Å². The van der Waals surface area contributed by atoms with E-state index in [0.717, 1.165) is 28.3 Å². The first-order valence-electron chi connectivity index (χ1n) is 12.1. The second kappa shape index (κ2) is 12.4. The van der Waals surface area contributed by atoms with E-state index in [9.17, 15) is 18.4 Å². The van der Waals surface area contributed by atoms with Crippen LogP contribution in [-0.2, 0) is 27.4 Å². The van der Waals surface area contributed by atoms with E-state index < -0.39 is 17.6 Å². The number of benzene rings is 4. The number of allylic oxidation sites excluding steroid dienone is 1. The van der Waals surface area contributed by atoms with Crippen molar-refractivity contribution in [3.8, 4) is 34.1 Å². The van der Waals surface area contributed by atoms with E-state index in [-0.39, 0.29) is 24.4 Å². The SMILES string of the molecule is C=CC(=O)Cc1ccc(C#Cc2c(F)cc(-c3ccc(-c4ccc(COC(=O)C=C)cc4)cc3)cc2F)cc1. The summed E-state index contributed by atoms with van der Waals surface area (Å²) in [6, 6.07) is 24.3. The minimum atomic E-state index is -0.748. The molecule has 0 aliphatic rings. The van der Waals surface area contributed by atoms with Gasteiger partial charge in [-0.25, -0.2) is 13.6 Å². The zero-order valence-electron chi connectivity index (χ0n) is 21.0. The van der Waals surface area contributed by atoms with Gasteiger partial charge in [0.2, 0.25) is 0 Å². The van der Waals surface area contributed by atoms with E-state index in [1.807, 2.05) is 36.4 Å². The Morgan fingerprint density at radius 3 is 1.74 bits per heavy atom. The number of ether oxygens (including phenoxy) is 1. The first kappa shape index (κ1) is 27.0. The number of hydrogen-bond donors (Lipinski definition) is 0. The molecule has 3 nitrogen and oxygen atoms in total. The van der Waals surface area contributed by atoms with Crippen LogP contribution in [0.4, 0.5) is 8.78 Å². The van der Waals surface area contributed by atoms with Gasteiger partial charge in [0.1, 0.15) is 18.2 Å². The normalized spacial score (nSPS) is 10.2. The third-order valence-electron chi connectivity index (χ3n) is 5.99. The topological polar surface area (TPSA) is 43.4 Å². The average Bonchev–Trinajstić information content (AvgIpc) is 2.96. The Hall–Kier alpha value is -5.08. The summed E-state index contributed by atoms with van der Waals surface area (Å²) in [6.07, 6.45) is 2.63. The molecule has 39 heavy (non-hydrogen) atoms. The summed E-state index contributed by atoms with van der Waals surface area (Å²) in [4.78, 5) is 22.7. The van der Waals surface area contributed by atoms with Crippen LogP contribution in [0.15, 0.2) is 110 Å². The van der Waals surface area contributed by atoms with Gasteiger partial charge in [-0.3, -0.25) is 4.79 Å². The fourth-order valence-corrected chi connectivity index (χ4v) is 3.84. The maximum atomic E-state index is 14.8. The molecule has 0 unspecified atom stereocenters. The van der Waals surface area contributed by atoms with Crippen LogP contribution in [0, 0.1) is 23.5 Å². The van der Waals surface area contributed by atoms with Crippen molar-refractivity contribution in [1.82, 2.24) is 0 Å². The van der Waals surface area contributed by atoms with Crippen LogP contribution in [0.1, 0.15) is 22.3 Å². The Morgan fingerprint density at radius 1 is 0.692 bits per heavy atom. The van der Waals surface area contributed by atoms with Crippen LogP contribution in [0.3, 0.4) is 0 Å². The molecule has 0 amide bonds. The number of esters is 1. The van der Waals surface area contributed by atoms with Gasteiger partial charge >= 0.3 is 5.97 Å². The summed E-state index contributed by atoms with van der Waals surface area (Å²) >= 11 is 0. The number of rotatable bonds is 8. The quantitative estimate of drug-likeness (QED) is 0.140. The minimum absolute atomic E-state index is 0.0907. The van der Waals surface area contributed by atoms with E-state index in [1.165, 1.54) is 18.2 Å². The van der Waals surface area contributed by atoms with Gasteiger partial charge in [0.15, 0.2) is 5.78 Å². The van der Waals surface area contributed by atoms with Crippen LogP contribution < -0.4 is 0 Å². The molecule has 0 fully saturated rings. The van der Waals surface area contributed by atoms with Crippen molar-refractivity contribution in [2.24, 2.45) is 0 Å². The summed E-state index contributed by atoms with van der Waals surface area (Å²) in [5, 5.41) is 0. The first-order valence-corrected chi connectivity index (χ1v) is 12.1. The van der Waals surface area contributed by atoms with Gasteiger partial charge in [0, 0.05) is 18.1 Å². The summed E-state index contributed by atoms with van der Waals surface area (Å²) in [6.45, 7) is 6.98. The Balaban J connectivity index is 1.47. The molecule has 0 heterocycles. The molecule has 0 saturated heterocycles. The Bertz CT molecular complexity index is 1570. The molecule has 0 aromatic heterocycles. The molecule has 0 radical (unpaired) electrons. The molecule has 0 bridgehead atoms. The Kier molecular flexibility index (Phi) is 8.60. The summed E-state index contributed by atoms with van der Waals surface area (Å²) in [5.41, 5.74) is 4.86. The van der Waals surface area contributed by atoms with Gasteiger partial charge in [-0.05, 0) is 63.7 Å². The molecule has 4 aromatic rings.